The highest BCUT2D eigenvalue weighted by molar-refractivity contribution is 8.00. The molecule has 3 rings (SSSR count). The van der Waals surface area contributed by atoms with Gasteiger partial charge in [-0.3, -0.25) is 9.59 Å². The minimum Gasteiger partial charge on any atom is -0.452 e. The largest absolute Gasteiger partial charge is 0.452 e. The van der Waals surface area contributed by atoms with Crippen molar-refractivity contribution >= 4 is 52.7 Å². The highest BCUT2D eigenvalue weighted by Gasteiger charge is 2.18. The van der Waals surface area contributed by atoms with Gasteiger partial charge in [0, 0.05) is 15.5 Å². The summed E-state index contributed by atoms with van der Waals surface area (Å²) in [5.41, 5.74) is 1.14. The van der Waals surface area contributed by atoms with Gasteiger partial charge in [0.1, 0.15) is 0 Å². The summed E-state index contributed by atoms with van der Waals surface area (Å²) in [5, 5.41) is 5.19. The Kier molecular flexibility index (Phi) is 6.53. The Morgan fingerprint density at radius 3 is 2.68 bits per heavy atom. The Hall–Kier alpha value is -2.59. The van der Waals surface area contributed by atoms with Crippen molar-refractivity contribution in [3.8, 4) is 0 Å². The number of halogens is 2. The molecule has 0 bridgehead atoms. The number of hydrogen-bond donors (Lipinski definition) is 2. The molecule has 2 N–H and O–H groups in total. The molecule has 0 atom stereocenters. The van der Waals surface area contributed by atoms with Crippen LogP contribution in [0.15, 0.2) is 52.3 Å². The number of ether oxygens (including phenoxy) is 1. The van der Waals surface area contributed by atoms with Crippen molar-refractivity contribution in [2.24, 2.45) is 0 Å². The number of nitrogens with one attached hydrogen (secondary N) is 2. The molecular formula is C18H14F2N2O4S2. The zero-order valence-electron chi connectivity index (χ0n) is 14.2. The van der Waals surface area contributed by atoms with Crippen molar-refractivity contribution in [2.45, 2.75) is 15.5 Å². The molecule has 10 heteroatoms. The molecule has 0 unspecified atom stereocenters. The van der Waals surface area contributed by atoms with Crippen molar-refractivity contribution in [1.82, 2.24) is 0 Å². The lowest BCUT2D eigenvalue weighted by Gasteiger charge is -2.16. The fraction of sp³-hybridized carbons (Fsp3) is 0.167. The topological polar surface area (TPSA) is 84.5 Å². The van der Waals surface area contributed by atoms with Gasteiger partial charge in [-0.05, 0) is 42.5 Å². The molecule has 0 radical (unpaired) electrons. The number of thioether (sulfide) groups is 2. The fourth-order valence-corrected chi connectivity index (χ4v) is 3.63. The van der Waals surface area contributed by atoms with Gasteiger partial charge < -0.3 is 15.4 Å². The highest BCUT2D eigenvalue weighted by atomic mass is 32.2. The van der Waals surface area contributed by atoms with Crippen LogP contribution in [0, 0.1) is 0 Å². The molecule has 0 aromatic heterocycles. The van der Waals surface area contributed by atoms with Crippen LogP contribution in [0.5, 0.6) is 0 Å². The molecule has 1 heterocycles. The fourth-order valence-electron chi connectivity index (χ4n) is 2.34. The zero-order valence-corrected chi connectivity index (χ0v) is 15.9. The maximum atomic E-state index is 12.3. The number of alkyl halides is 2. The lowest BCUT2D eigenvalue weighted by molar-refractivity contribution is -0.119. The van der Waals surface area contributed by atoms with Crippen molar-refractivity contribution in [3.63, 3.8) is 0 Å². The second-order valence-corrected chi connectivity index (χ2v) is 7.66. The molecule has 0 spiro atoms. The third kappa shape index (κ3) is 5.46. The van der Waals surface area contributed by atoms with Gasteiger partial charge in [-0.15, -0.1) is 11.8 Å². The monoisotopic (exact) mass is 424 g/mol. The van der Waals surface area contributed by atoms with Crippen LogP contribution in [0.2, 0.25) is 0 Å². The van der Waals surface area contributed by atoms with Gasteiger partial charge >= 0.3 is 5.97 Å². The van der Waals surface area contributed by atoms with Crippen molar-refractivity contribution in [3.05, 3.63) is 48.0 Å². The minimum atomic E-state index is -2.52. The molecule has 0 aliphatic carbocycles. The SMILES string of the molecule is O=C(COC(=O)c1ccc2c(c1)NC(=O)CS2)Nc1ccc(SC(F)F)cc1. The summed E-state index contributed by atoms with van der Waals surface area (Å²) in [6.07, 6.45) is 0. The van der Waals surface area contributed by atoms with Crippen molar-refractivity contribution < 1.29 is 27.9 Å². The third-order valence-corrected chi connectivity index (χ3v) is 5.34. The van der Waals surface area contributed by atoms with Crippen LogP contribution in [0.1, 0.15) is 10.4 Å². The zero-order chi connectivity index (χ0) is 20.1. The van der Waals surface area contributed by atoms with E-state index in [-0.39, 0.29) is 11.5 Å². The van der Waals surface area contributed by atoms with Crippen LogP contribution in [-0.2, 0) is 14.3 Å². The minimum absolute atomic E-state index is 0.152. The summed E-state index contributed by atoms with van der Waals surface area (Å²) in [7, 11) is 0. The molecule has 0 saturated carbocycles. The normalized spacial score (nSPS) is 12.9. The standard InChI is InChI=1S/C18H14F2N2O4S2/c19-18(20)28-12-4-2-11(3-5-12)21-15(23)8-26-17(25)10-1-6-14-13(7-10)22-16(24)9-27-14/h1-7,18H,8-9H2,(H,21,23)(H,22,24). The number of esters is 1. The third-order valence-electron chi connectivity index (χ3n) is 3.55. The number of anilines is 2. The molecule has 2 aromatic rings. The van der Waals surface area contributed by atoms with E-state index in [1.54, 1.807) is 12.1 Å². The average molecular weight is 424 g/mol. The van der Waals surface area contributed by atoms with Gasteiger partial charge in [0.05, 0.1) is 17.0 Å². The summed E-state index contributed by atoms with van der Waals surface area (Å²) in [6, 6.07) is 10.6. The predicted octanol–water partition coefficient (Wildman–Crippen LogP) is 3.84. The van der Waals surface area contributed by atoms with Crippen molar-refractivity contribution in [1.29, 1.82) is 0 Å². The molecule has 1 aliphatic heterocycles. The second kappa shape index (κ2) is 9.07. The first-order chi connectivity index (χ1) is 13.4. The molecule has 0 saturated heterocycles. The Morgan fingerprint density at radius 1 is 1.21 bits per heavy atom. The van der Waals surface area contributed by atoms with Crippen LogP contribution >= 0.6 is 23.5 Å². The van der Waals surface area contributed by atoms with E-state index in [1.807, 2.05) is 0 Å². The maximum Gasteiger partial charge on any atom is 0.338 e. The average Bonchev–Trinajstić information content (AvgIpc) is 2.66. The number of hydrogen-bond acceptors (Lipinski definition) is 6. The van der Waals surface area contributed by atoms with Gasteiger partial charge in [-0.2, -0.15) is 8.78 Å². The first-order valence-electron chi connectivity index (χ1n) is 7.99. The summed E-state index contributed by atoms with van der Waals surface area (Å²) in [6.45, 7) is -0.509. The van der Waals surface area contributed by atoms with E-state index in [9.17, 15) is 23.2 Å². The molecule has 2 amide bonds. The number of rotatable bonds is 6. The lowest BCUT2D eigenvalue weighted by atomic mass is 10.2. The van der Waals surface area contributed by atoms with Crippen molar-refractivity contribution in [2.75, 3.05) is 23.0 Å². The van der Waals surface area contributed by atoms with E-state index in [4.69, 9.17) is 4.74 Å². The highest BCUT2D eigenvalue weighted by Crippen LogP contribution is 2.32. The van der Waals surface area contributed by atoms with Crippen LogP contribution in [-0.4, -0.2) is 35.9 Å². The summed E-state index contributed by atoms with van der Waals surface area (Å²) in [4.78, 5) is 36.7. The van der Waals surface area contributed by atoms with Gasteiger partial charge in [0.2, 0.25) is 5.91 Å². The van der Waals surface area contributed by atoms with Gasteiger partial charge in [0.25, 0.3) is 11.7 Å². The Morgan fingerprint density at radius 2 is 1.96 bits per heavy atom. The van der Waals surface area contributed by atoms with E-state index in [1.165, 1.54) is 42.1 Å². The molecule has 6 nitrogen and oxygen atoms in total. The van der Waals surface area contributed by atoms with Gasteiger partial charge in [-0.1, -0.05) is 11.8 Å². The van der Waals surface area contributed by atoms with E-state index >= 15 is 0 Å². The number of amides is 2. The summed E-state index contributed by atoms with van der Waals surface area (Å²) in [5.74, 6) is -3.62. The lowest BCUT2D eigenvalue weighted by Crippen LogP contribution is -2.21. The summed E-state index contributed by atoms with van der Waals surface area (Å²) < 4.78 is 29.5. The van der Waals surface area contributed by atoms with Gasteiger partial charge in [-0.25, -0.2) is 4.79 Å². The molecule has 1 aliphatic rings. The number of fused-ring (bicyclic) bond motifs is 1. The second-order valence-electron chi connectivity index (χ2n) is 5.57. The Labute approximate surface area is 167 Å². The Bertz CT molecular complexity index is 907. The first kappa shape index (κ1) is 20.2. The number of carbonyl (C=O) groups is 3. The first-order valence-corrected chi connectivity index (χ1v) is 9.86. The summed E-state index contributed by atoms with van der Waals surface area (Å²) >= 11 is 1.77. The van der Waals surface area contributed by atoms with Crippen LogP contribution in [0.4, 0.5) is 20.2 Å². The van der Waals surface area contributed by atoms with E-state index in [0.717, 1.165) is 4.90 Å². The molecule has 146 valence electrons. The van der Waals surface area contributed by atoms with Crippen LogP contribution in [0.25, 0.3) is 0 Å². The quantitative estimate of drug-likeness (QED) is 0.542. The molecule has 0 fully saturated rings. The number of benzene rings is 2. The van der Waals surface area contributed by atoms with E-state index in [0.29, 0.717) is 33.8 Å². The maximum absolute atomic E-state index is 12.3. The van der Waals surface area contributed by atoms with E-state index in [2.05, 4.69) is 10.6 Å². The van der Waals surface area contributed by atoms with Crippen LogP contribution in [0.3, 0.4) is 0 Å². The number of carbonyl (C=O) groups excluding carboxylic acids is 3. The molecule has 2 aromatic carbocycles. The van der Waals surface area contributed by atoms with Gasteiger partial charge in [0.15, 0.2) is 6.61 Å². The smallest absolute Gasteiger partial charge is 0.338 e. The molecular weight excluding hydrogens is 410 g/mol. The van der Waals surface area contributed by atoms with E-state index < -0.39 is 24.2 Å². The Balaban J connectivity index is 1.52. The predicted molar refractivity (Wildman–Crippen MR) is 103 cm³/mol. The van der Waals surface area contributed by atoms with Crippen LogP contribution < -0.4 is 10.6 Å². The molecule has 28 heavy (non-hydrogen) atoms.